The van der Waals surface area contributed by atoms with E-state index in [4.69, 9.17) is 13.9 Å². The highest BCUT2D eigenvalue weighted by Gasteiger charge is 2.44. The quantitative estimate of drug-likeness (QED) is 0.209. The maximum absolute atomic E-state index is 11.6. The Hall–Kier alpha value is -2.56. The van der Waals surface area contributed by atoms with E-state index in [1.54, 1.807) is 12.1 Å². The van der Waals surface area contributed by atoms with Crippen LogP contribution in [0.15, 0.2) is 50.7 Å². The third-order valence-electron chi connectivity index (χ3n) is 7.16. The van der Waals surface area contributed by atoms with Crippen molar-refractivity contribution < 1.29 is 18.7 Å². The van der Waals surface area contributed by atoms with Crippen LogP contribution in [0.3, 0.4) is 0 Å². The molecular weight excluding hydrogens is 404 g/mol. The number of benzene rings is 1. The molecule has 0 radical (unpaired) electrons. The lowest BCUT2D eigenvalue weighted by Crippen LogP contribution is -2.44. The van der Waals surface area contributed by atoms with E-state index >= 15 is 0 Å². The van der Waals surface area contributed by atoms with Gasteiger partial charge in [0.05, 0.1) is 13.2 Å². The molecule has 1 heterocycles. The molecule has 0 aliphatic heterocycles. The fraction of sp³-hybridized carbons (Fsp3) is 0.556. The van der Waals surface area contributed by atoms with Crippen LogP contribution in [0.4, 0.5) is 0 Å². The minimum absolute atomic E-state index is 0.0495. The molecule has 5 heteroatoms. The summed E-state index contributed by atoms with van der Waals surface area (Å²) in [5, 5.41) is 0.875. The van der Waals surface area contributed by atoms with Crippen molar-refractivity contribution in [3.05, 3.63) is 51.9 Å². The van der Waals surface area contributed by atoms with E-state index in [1.165, 1.54) is 17.2 Å². The number of fused-ring (bicyclic) bond motifs is 1. The van der Waals surface area contributed by atoms with Gasteiger partial charge < -0.3 is 13.9 Å². The van der Waals surface area contributed by atoms with Gasteiger partial charge in [-0.1, -0.05) is 31.9 Å². The first kappa shape index (κ1) is 24.1. The van der Waals surface area contributed by atoms with Gasteiger partial charge in [-0.25, -0.2) is 4.79 Å². The number of rotatable bonds is 8. The number of ether oxygens (including phenoxy) is 2. The summed E-state index contributed by atoms with van der Waals surface area (Å²) >= 11 is 0. The lowest BCUT2D eigenvalue weighted by Gasteiger charge is -2.48. The molecule has 5 nitrogen and oxygen atoms in total. The minimum Gasteiger partial charge on any atom is -0.493 e. The Morgan fingerprint density at radius 2 is 1.97 bits per heavy atom. The van der Waals surface area contributed by atoms with Crippen LogP contribution in [0.25, 0.3) is 11.0 Å². The molecule has 1 fully saturated rings. The van der Waals surface area contributed by atoms with Crippen LogP contribution < -0.4 is 10.4 Å². The molecule has 1 aliphatic rings. The van der Waals surface area contributed by atoms with E-state index < -0.39 is 0 Å². The van der Waals surface area contributed by atoms with Crippen molar-refractivity contribution in [2.75, 3.05) is 13.2 Å². The third-order valence-corrected chi connectivity index (χ3v) is 7.16. The van der Waals surface area contributed by atoms with Crippen LogP contribution in [-0.4, -0.2) is 19.2 Å². The van der Waals surface area contributed by atoms with E-state index in [9.17, 15) is 9.59 Å². The molecular formula is C27H36O5. The van der Waals surface area contributed by atoms with Crippen LogP contribution in [0.1, 0.15) is 66.7 Å². The van der Waals surface area contributed by atoms with Gasteiger partial charge in [-0.3, -0.25) is 4.79 Å². The van der Waals surface area contributed by atoms with Crippen molar-refractivity contribution in [2.45, 2.75) is 66.7 Å². The van der Waals surface area contributed by atoms with Crippen molar-refractivity contribution in [1.29, 1.82) is 0 Å². The molecule has 32 heavy (non-hydrogen) atoms. The van der Waals surface area contributed by atoms with Gasteiger partial charge in [-0.05, 0) is 69.6 Å². The minimum atomic E-state index is -0.362. The molecule has 0 N–H and O–H groups in total. The number of hydrogen-bond acceptors (Lipinski definition) is 5. The summed E-state index contributed by atoms with van der Waals surface area (Å²) < 4.78 is 17.0. The molecule has 0 amide bonds. The Labute approximate surface area is 190 Å². The van der Waals surface area contributed by atoms with E-state index in [2.05, 4.69) is 27.7 Å². The van der Waals surface area contributed by atoms with Crippen LogP contribution in [0.5, 0.6) is 5.75 Å². The molecule has 3 atom stereocenters. The zero-order chi connectivity index (χ0) is 23.3. The number of hydrogen-bond donors (Lipinski definition) is 0. The number of allylic oxidation sites excluding steroid dienone is 2. The zero-order valence-electron chi connectivity index (χ0n) is 20.0. The fourth-order valence-electron chi connectivity index (χ4n) is 4.91. The van der Waals surface area contributed by atoms with Gasteiger partial charge in [0.1, 0.15) is 11.3 Å². The van der Waals surface area contributed by atoms with Gasteiger partial charge in [0.25, 0.3) is 0 Å². The summed E-state index contributed by atoms with van der Waals surface area (Å²) in [6.45, 7) is 11.9. The van der Waals surface area contributed by atoms with Gasteiger partial charge in [-0.2, -0.15) is 0 Å². The Kier molecular flexibility index (Phi) is 7.81. The predicted molar refractivity (Wildman–Crippen MR) is 127 cm³/mol. The molecule has 0 spiro atoms. The van der Waals surface area contributed by atoms with E-state index in [0.29, 0.717) is 42.8 Å². The molecule has 0 unspecified atom stereocenters. The average Bonchev–Trinajstić information content (AvgIpc) is 2.77. The maximum Gasteiger partial charge on any atom is 0.336 e. The van der Waals surface area contributed by atoms with Crippen LogP contribution in [0, 0.1) is 17.3 Å². The first-order valence-corrected chi connectivity index (χ1v) is 11.7. The second-order valence-corrected chi connectivity index (χ2v) is 9.48. The lowest BCUT2D eigenvalue weighted by molar-refractivity contribution is -0.143. The van der Waals surface area contributed by atoms with Crippen LogP contribution in [-0.2, 0) is 9.53 Å². The molecule has 2 aromatic rings. The van der Waals surface area contributed by atoms with Crippen molar-refractivity contribution >= 4 is 16.9 Å². The molecule has 174 valence electrons. The molecule has 0 bridgehead atoms. The summed E-state index contributed by atoms with van der Waals surface area (Å²) in [5.74, 6) is 1.43. The summed E-state index contributed by atoms with van der Waals surface area (Å²) in [7, 11) is 0. The summed E-state index contributed by atoms with van der Waals surface area (Å²) in [6, 6.07) is 8.84. The Bertz CT molecular complexity index is 1030. The molecule has 1 aliphatic carbocycles. The van der Waals surface area contributed by atoms with Crippen LogP contribution >= 0.6 is 0 Å². The average molecular weight is 441 g/mol. The van der Waals surface area contributed by atoms with E-state index in [1.807, 2.05) is 19.1 Å². The Morgan fingerprint density at radius 3 is 2.69 bits per heavy atom. The molecule has 1 saturated carbocycles. The van der Waals surface area contributed by atoms with Crippen molar-refractivity contribution in [2.24, 2.45) is 17.3 Å². The van der Waals surface area contributed by atoms with Gasteiger partial charge >= 0.3 is 11.6 Å². The number of carbonyl (C=O) groups is 1. The highest BCUT2D eigenvalue weighted by Crippen LogP contribution is 2.51. The van der Waals surface area contributed by atoms with Crippen molar-refractivity contribution in [1.82, 2.24) is 0 Å². The third kappa shape index (κ3) is 5.43. The fourth-order valence-corrected chi connectivity index (χ4v) is 4.91. The smallest absolute Gasteiger partial charge is 0.336 e. The second kappa shape index (κ2) is 10.4. The highest BCUT2D eigenvalue weighted by atomic mass is 16.5. The molecule has 1 aromatic heterocycles. The number of carbonyl (C=O) groups excluding carboxylic acids is 1. The standard InChI is InChI=1S/C27H36O5/c1-6-25(28)30-15-7-8-23-22(18(2)3)13-9-19(4)27(23,5)17-31-21-12-10-20-11-14-26(29)32-24(20)16-21/h10-12,14,16,19,23H,6-9,13,15,17H2,1-5H3/t19-,23-,27-/m0/s1. The SMILES string of the molecule is CCC(=O)OCCC[C@H]1C(=C(C)C)CC[C@H](C)[C@]1(C)COc1ccc2ccc(=O)oc2c1. The molecule has 3 rings (SSSR count). The van der Waals surface area contributed by atoms with Gasteiger partial charge in [0.2, 0.25) is 0 Å². The van der Waals surface area contributed by atoms with Gasteiger partial charge in [-0.15, -0.1) is 0 Å². The van der Waals surface area contributed by atoms with E-state index in [0.717, 1.165) is 31.1 Å². The Balaban J connectivity index is 1.78. The van der Waals surface area contributed by atoms with Crippen molar-refractivity contribution in [3.8, 4) is 5.75 Å². The molecule has 1 aromatic carbocycles. The Morgan fingerprint density at radius 1 is 1.22 bits per heavy atom. The van der Waals surface area contributed by atoms with Gasteiger partial charge in [0.15, 0.2) is 0 Å². The lowest BCUT2D eigenvalue weighted by atomic mass is 9.58. The predicted octanol–water partition coefficient (Wildman–Crippen LogP) is 6.29. The molecule has 0 saturated heterocycles. The first-order chi connectivity index (χ1) is 15.2. The largest absolute Gasteiger partial charge is 0.493 e. The topological polar surface area (TPSA) is 65.7 Å². The normalized spacial score (nSPS) is 23.2. The monoisotopic (exact) mass is 440 g/mol. The summed E-state index contributed by atoms with van der Waals surface area (Å²) in [6.07, 6.45) is 4.47. The first-order valence-electron chi connectivity index (χ1n) is 11.7. The zero-order valence-corrected chi connectivity index (χ0v) is 20.0. The maximum atomic E-state index is 11.6. The highest BCUT2D eigenvalue weighted by molar-refractivity contribution is 5.77. The van der Waals surface area contributed by atoms with Gasteiger partial charge in [0, 0.05) is 29.4 Å². The number of esters is 1. The van der Waals surface area contributed by atoms with E-state index in [-0.39, 0.29) is 17.0 Å². The summed E-state index contributed by atoms with van der Waals surface area (Å²) in [5.41, 5.74) is 3.02. The van der Waals surface area contributed by atoms with Crippen LogP contribution in [0.2, 0.25) is 0 Å². The summed E-state index contributed by atoms with van der Waals surface area (Å²) in [4.78, 5) is 23.1. The van der Waals surface area contributed by atoms with Crippen molar-refractivity contribution in [3.63, 3.8) is 0 Å². The second-order valence-electron chi connectivity index (χ2n) is 9.48.